The lowest BCUT2D eigenvalue weighted by Gasteiger charge is -2.11. The number of benzene rings is 2. The highest BCUT2D eigenvalue weighted by Gasteiger charge is 2.15. The van der Waals surface area contributed by atoms with Crippen LogP contribution in [0.5, 0.6) is 0 Å². The molecule has 0 aromatic heterocycles. The predicted molar refractivity (Wildman–Crippen MR) is 65.0 cm³/mol. The molecule has 0 heterocycles. The molecule has 0 spiro atoms. The Kier molecular flexibility index (Phi) is 4.10. The van der Waals surface area contributed by atoms with Gasteiger partial charge in [-0.1, -0.05) is 18.2 Å². The highest BCUT2D eigenvalue weighted by Crippen LogP contribution is 2.27. The molecule has 2 aromatic rings. The van der Waals surface area contributed by atoms with Crippen LogP contribution in [0.15, 0.2) is 36.4 Å². The molecule has 0 nitrogen and oxygen atoms in total. The van der Waals surface area contributed by atoms with Crippen molar-refractivity contribution in [1.82, 2.24) is 0 Å². The molecule has 0 saturated carbocycles. The van der Waals surface area contributed by atoms with Crippen LogP contribution in [0.3, 0.4) is 0 Å². The third-order valence-electron chi connectivity index (χ3n) is 2.74. The molecule has 19 heavy (non-hydrogen) atoms. The quantitative estimate of drug-likeness (QED) is 0.564. The predicted octanol–water partition coefficient (Wildman–Crippen LogP) is 4.77. The number of rotatable bonds is 3. The topological polar surface area (TPSA) is 0 Å². The summed E-state index contributed by atoms with van der Waals surface area (Å²) >= 11 is 6.01. The largest absolute Gasteiger partial charge is 0.204 e. The molecule has 5 heteroatoms. The van der Waals surface area contributed by atoms with E-state index in [0.29, 0.717) is 5.56 Å². The molecule has 0 saturated heterocycles. The Morgan fingerprint density at radius 1 is 0.895 bits per heavy atom. The lowest BCUT2D eigenvalue weighted by Crippen LogP contribution is -2.01. The van der Waals surface area contributed by atoms with Gasteiger partial charge in [-0.3, -0.25) is 0 Å². The molecule has 0 aliphatic rings. The van der Waals surface area contributed by atoms with Gasteiger partial charge in [0.2, 0.25) is 0 Å². The van der Waals surface area contributed by atoms with Crippen molar-refractivity contribution in [2.24, 2.45) is 0 Å². The Morgan fingerprint density at radius 3 is 2.32 bits per heavy atom. The van der Waals surface area contributed by atoms with Gasteiger partial charge < -0.3 is 0 Å². The van der Waals surface area contributed by atoms with Crippen molar-refractivity contribution in [3.8, 4) is 0 Å². The fourth-order valence-electron chi connectivity index (χ4n) is 1.72. The minimum atomic E-state index is -1.03. The van der Waals surface area contributed by atoms with E-state index in [4.69, 9.17) is 11.6 Å². The summed E-state index contributed by atoms with van der Waals surface area (Å²) in [5.41, 5.74) is 0.397. The van der Waals surface area contributed by atoms with E-state index in [-0.39, 0.29) is 12.0 Å². The molecule has 0 N–H and O–H groups in total. The van der Waals surface area contributed by atoms with Gasteiger partial charge in [-0.2, -0.15) is 0 Å². The maximum atomic E-state index is 13.5. The fraction of sp³-hybridized carbons (Fsp3) is 0.143. The van der Waals surface area contributed by atoms with Crippen molar-refractivity contribution in [3.05, 3.63) is 70.8 Å². The van der Waals surface area contributed by atoms with Crippen molar-refractivity contribution in [1.29, 1.82) is 0 Å². The van der Waals surface area contributed by atoms with Crippen LogP contribution in [-0.2, 0) is 6.42 Å². The van der Waals surface area contributed by atoms with Gasteiger partial charge in [0.05, 0.1) is 5.38 Å². The fourth-order valence-corrected chi connectivity index (χ4v) is 2.03. The highest BCUT2D eigenvalue weighted by atomic mass is 35.5. The summed E-state index contributed by atoms with van der Waals surface area (Å²) in [6.45, 7) is 0. The van der Waals surface area contributed by atoms with Crippen molar-refractivity contribution >= 4 is 11.6 Å². The monoisotopic (exact) mass is 288 g/mol. The zero-order valence-electron chi connectivity index (χ0n) is 9.64. The standard InChI is InChI=1S/C14H9ClF4/c15-10(8-4-5-11(16)13(18)7-8)6-9-2-1-3-12(17)14(9)19/h1-5,7,10H,6H2. The van der Waals surface area contributed by atoms with Crippen LogP contribution in [0.25, 0.3) is 0 Å². The zero-order valence-corrected chi connectivity index (χ0v) is 10.4. The van der Waals surface area contributed by atoms with E-state index < -0.39 is 28.6 Å². The average molecular weight is 289 g/mol. The molecule has 0 radical (unpaired) electrons. The number of alkyl halides is 1. The number of hydrogen-bond acceptors (Lipinski definition) is 0. The Labute approximate surface area is 112 Å². The third-order valence-corrected chi connectivity index (χ3v) is 3.14. The van der Waals surface area contributed by atoms with E-state index in [1.165, 1.54) is 18.2 Å². The van der Waals surface area contributed by atoms with Crippen LogP contribution in [0.4, 0.5) is 17.6 Å². The van der Waals surface area contributed by atoms with E-state index in [1.54, 1.807) is 0 Å². The molecule has 0 aliphatic heterocycles. The Balaban J connectivity index is 2.23. The van der Waals surface area contributed by atoms with Gasteiger partial charge >= 0.3 is 0 Å². The average Bonchev–Trinajstić information content (AvgIpc) is 2.38. The molecule has 2 aromatic carbocycles. The summed E-state index contributed by atoms with van der Waals surface area (Å²) < 4.78 is 52.3. The van der Waals surface area contributed by atoms with Gasteiger partial charge in [-0.15, -0.1) is 11.6 Å². The maximum absolute atomic E-state index is 13.5. The van der Waals surface area contributed by atoms with Crippen molar-refractivity contribution in [3.63, 3.8) is 0 Å². The minimum absolute atomic E-state index is 0.0176. The first-order chi connectivity index (χ1) is 8.99. The van der Waals surface area contributed by atoms with Gasteiger partial charge in [0, 0.05) is 0 Å². The number of halogens is 5. The second kappa shape index (κ2) is 5.61. The lowest BCUT2D eigenvalue weighted by molar-refractivity contribution is 0.497. The molecular weight excluding hydrogens is 280 g/mol. The van der Waals surface area contributed by atoms with Crippen molar-refractivity contribution < 1.29 is 17.6 Å². The summed E-state index contributed by atoms with van der Waals surface area (Å²) in [5.74, 6) is -3.95. The molecule has 0 amide bonds. The highest BCUT2D eigenvalue weighted by molar-refractivity contribution is 6.20. The summed E-state index contributed by atoms with van der Waals surface area (Å²) in [4.78, 5) is 0. The third kappa shape index (κ3) is 3.07. The number of hydrogen-bond donors (Lipinski definition) is 0. The first-order valence-electron chi connectivity index (χ1n) is 5.51. The molecule has 1 unspecified atom stereocenters. The SMILES string of the molecule is Fc1ccc(C(Cl)Cc2cccc(F)c2F)cc1F. The summed E-state index contributed by atoms with van der Waals surface area (Å²) in [5, 5.41) is -0.772. The molecular formula is C14H9ClF4. The van der Waals surface area contributed by atoms with Crippen LogP contribution in [0.2, 0.25) is 0 Å². The van der Waals surface area contributed by atoms with Crippen LogP contribution in [0.1, 0.15) is 16.5 Å². The molecule has 0 bridgehead atoms. The summed E-state index contributed by atoms with van der Waals surface area (Å²) in [6, 6.07) is 6.97. The maximum Gasteiger partial charge on any atom is 0.162 e. The molecule has 0 fully saturated rings. The van der Waals surface area contributed by atoms with Crippen LogP contribution >= 0.6 is 11.6 Å². The second-order valence-electron chi connectivity index (χ2n) is 4.06. The molecule has 0 aliphatic carbocycles. The van der Waals surface area contributed by atoms with Gasteiger partial charge in [0.25, 0.3) is 0 Å². The summed E-state index contributed by atoms with van der Waals surface area (Å²) in [7, 11) is 0. The van der Waals surface area contributed by atoms with Crippen LogP contribution in [0, 0.1) is 23.3 Å². The van der Waals surface area contributed by atoms with E-state index in [2.05, 4.69) is 0 Å². The molecule has 100 valence electrons. The van der Waals surface area contributed by atoms with Crippen molar-refractivity contribution in [2.75, 3.05) is 0 Å². The normalized spacial score (nSPS) is 12.5. The minimum Gasteiger partial charge on any atom is -0.204 e. The Morgan fingerprint density at radius 2 is 1.63 bits per heavy atom. The van der Waals surface area contributed by atoms with Crippen LogP contribution < -0.4 is 0 Å². The smallest absolute Gasteiger partial charge is 0.162 e. The zero-order chi connectivity index (χ0) is 14.0. The van der Waals surface area contributed by atoms with Crippen molar-refractivity contribution in [2.45, 2.75) is 11.8 Å². The van der Waals surface area contributed by atoms with Gasteiger partial charge in [0.1, 0.15) is 0 Å². The van der Waals surface area contributed by atoms with E-state index in [1.807, 2.05) is 0 Å². The molecule has 1 atom stereocenters. The van der Waals surface area contributed by atoms with Gasteiger partial charge in [-0.05, 0) is 35.7 Å². The second-order valence-corrected chi connectivity index (χ2v) is 4.58. The van der Waals surface area contributed by atoms with Crippen LogP contribution in [-0.4, -0.2) is 0 Å². The van der Waals surface area contributed by atoms with E-state index in [0.717, 1.165) is 18.2 Å². The lowest BCUT2D eigenvalue weighted by atomic mass is 10.0. The summed E-state index contributed by atoms with van der Waals surface area (Å²) in [6.07, 6.45) is -0.0176. The van der Waals surface area contributed by atoms with Gasteiger partial charge in [0.15, 0.2) is 23.3 Å². The Hall–Kier alpha value is -1.55. The Bertz CT molecular complexity index is 598. The van der Waals surface area contributed by atoms with E-state index >= 15 is 0 Å². The molecule has 2 rings (SSSR count). The van der Waals surface area contributed by atoms with E-state index in [9.17, 15) is 17.6 Å². The first-order valence-corrected chi connectivity index (χ1v) is 5.94. The van der Waals surface area contributed by atoms with Gasteiger partial charge in [-0.25, -0.2) is 17.6 Å². The first kappa shape index (κ1) is 13.9.